The predicted molar refractivity (Wildman–Crippen MR) is 96.5 cm³/mol. The van der Waals surface area contributed by atoms with Gasteiger partial charge in [-0.15, -0.1) is 0 Å². The maximum atomic E-state index is 13.0. The van der Waals surface area contributed by atoms with Crippen molar-refractivity contribution in [1.82, 2.24) is 4.57 Å². The van der Waals surface area contributed by atoms with Crippen molar-refractivity contribution in [2.75, 3.05) is 13.2 Å². The molecule has 1 atom stereocenters. The number of rotatable bonds is 6. The van der Waals surface area contributed by atoms with Gasteiger partial charge in [0.05, 0.1) is 24.4 Å². The Morgan fingerprint density at radius 2 is 1.69 bits per heavy atom. The Labute approximate surface area is 151 Å². The van der Waals surface area contributed by atoms with Gasteiger partial charge in [0.25, 0.3) is 5.91 Å². The molecule has 0 radical (unpaired) electrons. The van der Waals surface area contributed by atoms with Gasteiger partial charge in [-0.1, -0.05) is 25.1 Å². The van der Waals surface area contributed by atoms with E-state index in [0.29, 0.717) is 5.57 Å². The molecule has 0 spiro atoms. The SMILES string of the molecule is CCOC(=O)C(C(=O)OCC)C(C)C1=Cc2cc3ccccc3n2C1=O. The van der Waals surface area contributed by atoms with E-state index >= 15 is 0 Å². The molecule has 0 aliphatic carbocycles. The first-order valence-corrected chi connectivity index (χ1v) is 8.69. The van der Waals surface area contributed by atoms with Crippen LogP contribution in [0.1, 0.15) is 31.3 Å². The van der Waals surface area contributed by atoms with Gasteiger partial charge >= 0.3 is 11.9 Å². The smallest absolute Gasteiger partial charge is 0.320 e. The van der Waals surface area contributed by atoms with Crippen LogP contribution in [0.3, 0.4) is 0 Å². The highest BCUT2D eigenvalue weighted by Gasteiger charge is 2.41. The van der Waals surface area contributed by atoms with E-state index in [-0.39, 0.29) is 19.1 Å². The molecule has 1 aromatic heterocycles. The van der Waals surface area contributed by atoms with Crippen LogP contribution in [0.4, 0.5) is 0 Å². The van der Waals surface area contributed by atoms with E-state index in [0.717, 1.165) is 16.6 Å². The summed E-state index contributed by atoms with van der Waals surface area (Å²) in [7, 11) is 0. The number of ether oxygens (including phenoxy) is 2. The molecule has 0 saturated carbocycles. The number of benzene rings is 1. The Hall–Kier alpha value is -2.89. The Morgan fingerprint density at radius 3 is 2.31 bits per heavy atom. The third-order valence-electron chi connectivity index (χ3n) is 4.56. The zero-order valence-corrected chi connectivity index (χ0v) is 15.0. The highest BCUT2D eigenvalue weighted by atomic mass is 16.6. The van der Waals surface area contributed by atoms with Crippen molar-refractivity contribution in [1.29, 1.82) is 0 Å². The number of aromatic nitrogens is 1. The van der Waals surface area contributed by atoms with Gasteiger partial charge in [0.15, 0.2) is 5.92 Å². The molecule has 1 aliphatic rings. The zero-order valence-electron chi connectivity index (χ0n) is 15.0. The third-order valence-corrected chi connectivity index (χ3v) is 4.56. The van der Waals surface area contributed by atoms with Gasteiger partial charge in [0, 0.05) is 16.9 Å². The van der Waals surface area contributed by atoms with Crippen molar-refractivity contribution >= 4 is 34.8 Å². The second-order valence-corrected chi connectivity index (χ2v) is 6.14. The van der Waals surface area contributed by atoms with Crippen molar-refractivity contribution in [3.05, 3.63) is 41.6 Å². The minimum Gasteiger partial charge on any atom is -0.465 e. The maximum Gasteiger partial charge on any atom is 0.320 e. The molecule has 1 unspecified atom stereocenters. The number of carbonyl (C=O) groups excluding carboxylic acids is 3. The van der Waals surface area contributed by atoms with Crippen LogP contribution in [-0.4, -0.2) is 35.6 Å². The van der Waals surface area contributed by atoms with Gasteiger partial charge in [-0.2, -0.15) is 0 Å². The Balaban J connectivity index is 1.96. The average Bonchev–Trinajstić information content (AvgIpc) is 3.12. The fraction of sp³-hybridized carbons (Fsp3) is 0.350. The molecule has 0 N–H and O–H groups in total. The second kappa shape index (κ2) is 7.15. The molecule has 0 fully saturated rings. The van der Waals surface area contributed by atoms with Crippen LogP contribution in [0, 0.1) is 11.8 Å². The summed E-state index contributed by atoms with van der Waals surface area (Å²) in [5.74, 6) is -3.39. The lowest BCUT2D eigenvalue weighted by atomic mass is 9.86. The highest BCUT2D eigenvalue weighted by Crippen LogP contribution is 2.34. The van der Waals surface area contributed by atoms with Crippen LogP contribution >= 0.6 is 0 Å². The van der Waals surface area contributed by atoms with Crippen molar-refractivity contribution in [3.63, 3.8) is 0 Å². The van der Waals surface area contributed by atoms with Gasteiger partial charge in [-0.3, -0.25) is 19.0 Å². The minimum atomic E-state index is -1.17. The number of para-hydroxylation sites is 1. The van der Waals surface area contributed by atoms with Gasteiger partial charge in [-0.05, 0) is 32.1 Å². The zero-order chi connectivity index (χ0) is 18.8. The lowest BCUT2D eigenvalue weighted by molar-refractivity contribution is -0.163. The van der Waals surface area contributed by atoms with Gasteiger partial charge in [0.2, 0.25) is 0 Å². The molecular weight excluding hydrogens is 334 g/mol. The maximum absolute atomic E-state index is 13.0. The first-order chi connectivity index (χ1) is 12.5. The van der Waals surface area contributed by atoms with E-state index in [1.807, 2.05) is 30.3 Å². The number of hydrogen-bond donors (Lipinski definition) is 0. The third kappa shape index (κ3) is 2.92. The molecule has 6 nitrogen and oxygen atoms in total. The Bertz CT molecular complexity index is 890. The molecule has 0 saturated heterocycles. The fourth-order valence-electron chi connectivity index (χ4n) is 3.33. The van der Waals surface area contributed by atoms with Crippen molar-refractivity contribution in [2.45, 2.75) is 20.8 Å². The van der Waals surface area contributed by atoms with Gasteiger partial charge < -0.3 is 9.47 Å². The summed E-state index contributed by atoms with van der Waals surface area (Å²) in [4.78, 5) is 37.6. The number of fused-ring (bicyclic) bond motifs is 3. The van der Waals surface area contributed by atoms with Crippen molar-refractivity contribution in [2.24, 2.45) is 11.8 Å². The molecule has 0 bridgehead atoms. The van der Waals surface area contributed by atoms with Crippen LogP contribution in [-0.2, 0) is 19.1 Å². The van der Waals surface area contributed by atoms with E-state index in [1.54, 1.807) is 31.4 Å². The molecule has 26 heavy (non-hydrogen) atoms. The summed E-state index contributed by atoms with van der Waals surface area (Å²) in [6.07, 6.45) is 1.73. The number of carbonyl (C=O) groups is 3. The van der Waals surface area contributed by atoms with Crippen molar-refractivity contribution in [3.8, 4) is 0 Å². The highest BCUT2D eigenvalue weighted by molar-refractivity contribution is 6.12. The number of hydrogen-bond acceptors (Lipinski definition) is 5. The molecule has 2 heterocycles. The molecule has 0 amide bonds. The van der Waals surface area contributed by atoms with E-state index in [2.05, 4.69) is 0 Å². The molecule has 1 aliphatic heterocycles. The quantitative estimate of drug-likeness (QED) is 0.588. The summed E-state index contributed by atoms with van der Waals surface area (Å²) in [5, 5.41) is 0.964. The minimum absolute atomic E-state index is 0.152. The number of allylic oxidation sites excluding steroid dienone is 1. The molecule has 1 aromatic carbocycles. The summed E-state index contributed by atoms with van der Waals surface area (Å²) >= 11 is 0. The molecule has 2 aromatic rings. The molecule has 6 heteroatoms. The van der Waals surface area contributed by atoms with Gasteiger partial charge in [-0.25, -0.2) is 0 Å². The number of nitrogens with zero attached hydrogens (tertiary/aromatic N) is 1. The monoisotopic (exact) mass is 355 g/mol. The van der Waals surface area contributed by atoms with Crippen LogP contribution < -0.4 is 0 Å². The summed E-state index contributed by atoms with van der Waals surface area (Å²) < 4.78 is 11.7. The molecular formula is C20H21NO5. The van der Waals surface area contributed by atoms with Gasteiger partial charge in [0.1, 0.15) is 0 Å². The topological polar surface area (TPSA) is 74.6 Å². The fourth-order valence-corrected chi connectivity index (χ4v) is 3.33. The Kier molecular flexibility index (Phi) is 4.93. The first-order valence-electron chi connectivity index (χ1n) is 8.69. The van der Waals surface area contributed by atoms with E-state index in [9.17, 15) is 14.4 Å². The molecule has 136 valence electrons. The normalized spacial score (nSPS) is 14.3. The average molecular weight is 355 g/mol. The predicted octanol–water partition coefficient (Wildman–Crippen LogP) is 3.06. The van der Waals surface area contributed by atoms with Crippen molar-refractivity contribution < 1.29 is 23.9 Å². The van der Waals surface area contributed by atoms with E-state index < -0.39 is 23.8 Å². The standard InChI is InChI=1S/C20H21NO5/c1-4-25-19(23)17(20(24)26-5-2)12(3)15-11-14-10-13-8-6-7-9-16(13)21(14)18(15)22/h6-12,17H,4-5H2,1-3H3. The Morgan fingerprint density at radius 1 is 1.08 bits per heavy atom. The lowest BCUT2D eigenvalue weighted by Crippen LogP contribution is -2.35. The van der Waals surface area contributed by atoms with Crippen LogP contribution in [0.5, 0.6) is 0 Å². The summed E-state index contributed by atoms with van der Waals surface area (Å²) in [6, 6.07) is 9.49. The summed E-state index contributed by atoms with van der Waals surface area (Å²) in [6.45, 7) is 5.32. The van der Waals surface area contributed by atoms with Crippen LogP contribution in [0.15, 0.2) is 35.9 Å². The lowest BCUT2D eigenvalue weighted by Gasteiger charge is -2.21. The van der Waals surface area contributed by atoms with Crippen LogP contribution in [0.2, 0.25) is 0 Å². The summed E-state index contributed by atoms with van der Waals surface area (Å²) in [5.41, 5.74) is 1.94. The largest absolute Gasteiger partial charge is 0.465 e. The second-order valence-electron chi connectivity index (χ2n) is 6.14. The number of esters is 2. The molecule has 3 rings (SSSR count). The van der Waals surface area contributed by atoms with E-state index in [4.69, 9.17) is 9.47 Å². The first kappa shape index (κ1) is 17.9. The van der Waals surface area contributed by atoms with Crippen LogP contribution in [0.25, 0.3) is 17.0 Å². The van der Waals surface area contributed by atoms with E-state index in [1.165, 1.54) is 0 Å².